The number of nitrogens with zero attached hydrogens (tertiary/aromatic N) is 3. The van der Waals surface area contributed by atoms with E-state index in [0.717, 1.165) is 30.5 Å². The highest BCUT2D eigenvalue weighted by molar-refractivity contribution is 7.89. The standard InChI is InChI=1S/C16H20N4O3S/c1-19-11-13(10-18-19)15-3-2-8-20(15)16(21)9-12-4-6-14(7-5-12)24(17,22)23/h4-7,10-11,15H,2-3,8-9H2,1H3,(H2,17,22,23)/t15-/m1/s1. The zero-order chi connectivity index (χ0) is 17.3. The van der Waals surface area contributed by atoms with E-state index in [0.29, 0.717) is 0 Å². The molecule has 2 heterocycles. The summed E-state index contributed by atoms with van der Waals surface area (Å²) in [5.41, 5.74) is 1.82. The first-order chi connectivity index (χ1) is 11.3. The van der Waals surface area contributed by atoms with E-state index in [-0.39, 0.29) is 23.3 Å². The summed E-state index contributed by atoms with van der Waals surface area (Å²) in [5.74, 6) is 0.0321. The van der Waals surface area contributed by atoms with Gasteiger partial charge in [0, 0.05) is 25.4 Å². The van der Waals surface area contributed by atoms with Crippen LogP contribution in [0.25, 0.3) is 0 Å². The molecule has 0 saturated carbocycles. The van der Waals surface area contributed by atoms with Crippen LogP contribution >= 0.6 is 0 Å². The van der Waals surface area contributed by atoms with Crippen LogP contribution in [0.5, 0.6) is 0 Å². The number of sulfonamides is 1. The maximum Gasteiger partial charge on any atom is 0.238 e. The lowest BCUT2D eigenvalue weighted by molar-refractivity contribution is -0.131. The van der Waals surface area contributed by atoms with Crippen molar-refractivity contribution in [1.82, 2.24) is 14.7 Å². The van der Waals surface area contributed by atoms with E-state index in [1.54, 1.807) is 23.0 Å². The highest BCUT2D eigenvalue weighted by atomic mass is 32.2. The zero-order valence-corrected chi connectivity index (χ0v) is 14.2. The lowest BCUT2D eigenvalue weighted by Crippen LogP contribution is -2.31. The first kappa shape index (κ1) is 16.7. The quantitative estimate of drug-likeness (QED) is 0.890. The molecule has 1 saturated heterocycles. The minimum atomic E-state index is -3.71. The number of rotatable bonds is 4. The normalized spacial score (nSPS) is 18.1. The van der Waals surface area contributed by atoms with Gasteiger partial charge < -0.3 is 4.90 Å². The Morgan fingerprint density at radius 3 is 2.62 bits per heavy atom. The fourth-order valence-corrected chi connectivity index (χ4v) is 3.61. The molecule has 128 valence electrons. The number of likely N-dealkylation sites (tertiary alicyclic amines) is 1. The number of hydrogen-bond acceptors (Lipinski definition) is 4. The number of carbonyl (C=O) groups is 1. The third kappa shape index (κ3) is 3.49. The smallest absolute Gasteiger partial charge is 0.238 e. The Balaban J connectivity index is 1.72. The van der Waals surface area contributed by atoms with Crippen molar-refractivity contribution < 1.29 is 13.2 Å². The maximum atomic E-state index is 12.6. The molecule has 0 unspecified atom stereocenters. The molecule has 1 aromatic heterocycles. The van der Waals surface area contributed by atoms with Crippen molar-refractivity contribution in [3.05, 3.63) is 47.8 Å². The van der Waals surface area contributed by atoms with Crippen LogP contribution in [-0.4, -0.2) is 35.6 Å². The fourth-order valence-electron chi connectivity index (χ4n) is 3.10. The van der Waals surface area contributed by atoms with Crippen LogP contribution in [0.3, 0.4) is 0 Å². The van der Waals surface area contributed by atoms with Gasteiger partial charge in [0.05, 0.1) is 23.6 Å². The second kappa shape index (κ2) is 6.37. The molecule has 1 aromatic carbocycles. The van der Waals surface area contributed by atoms with E-state index in [4.69, 9.17) is 5.14 Å². The van der Waals surface area contributed by atoms with Crippen LogP contribution in [0.2, 0.25) is 0 Å². The van der Waals surface area contributed by atoms with Gasteiger partial charge in [-0.15, -0.1) is 0 Å². The Morgan fingerprint density at radius 1 is 1.33 bits per heavy atom. The van der Waals surface area contributed by atoms with Gasteiger partial charge in [-0.05, 0) is 30.5 Å². The van der Waals surface area contributed by atoms with E-state index in [1.807, 2.05) is 18.1 Å². The molecule has 0 bridgehead atoms. The summed E-state index contributed by atoms with van der Waals surface area (Å²) in [4.78, 5) is 14.6. The summed E-state index contributed by atoms with van der Waals surface area (Å²) in [7, 11) is -1.85. The summed E-state index contributed by atoms with van der Waals surface area (Å²) < 4.78 is 24.3. The second-order valence-electron chi connectivity index (χ2n) is 6.06. The van der Waals surface area contributed by atoms with Gasteiger partial charge in [0.25, 0.3) is 0 Å². The molecular weight excluding hydrogens is 328 g/mol. The molecule has 1 aliphatic heterocycles. The van der Waals surface area contributed by atoms with Gasteiger partial charge in [0.2, 0.25) is 15.9 Å². The van der Waals surface area contributed by atoms with Gasteiger partial charge in [-0.2, -0.15) is 5.10 Å². The number of amides is 1. The molecule has 0 aliphatic carbocycles. The van der Waals surface area contributed by atoms with Gasteiger partial charge in [-0.1, -0.05) is 12.1 Å². The van der Waals surface area contributed by atoms with Crippen LogP contribution in [0, 0.1) is 0 Å². The highest BCUT2D eigenvalue weighted by Gasteiger charge is 2.30. The van der Waals surface area contributed by atoms with Crippen LogP contribution in [-0.2, 0) is 28.3 Å². The maximum absolute atomic E-state index is 12.6. The Hall–Kier alpha value is -2.19. The number of aryl methyl sites for hydroxylation is 1. The predicted molar refractivity (Wildman–Crippen MR) is 88.4 cm³/mol. The third-order valence-electron chi connectivity index (χ3n) is 4.29. The van der Waals surface area contributed by atoms with Crippen molar-refractivity contribution in [3.63, 3.8) is 0 Å². The van der Waals surface area contributed by atoms with Gasteiger partial charge >= 0.3 is 0 Å². The van der Waals surface area contributed by atoms with Crippen molar-refractivity contribution in [3.8, 4) is 0 Å². The van der Waals surface area contributed by atoms with Gasteiger partial charge in [0.15, 0.2) is 0 Å². The molecule has 7 nitrogen and oxygen atoms in total. The van der Waals surface area contributed by atoms with Gasteiger partial charge in [-0.25, -0.2) is 13.6 Å². The molecule has 1 aliphatic rings. The zero-order valence-electron chi connectivity index (χ0n) is 13.4. The molecule has 0 spiro atoms. The minimum absolute atomic E-state index is 0.0321. The number of primary sulfonamides is 1. The van der Waals surface area contributed by atoms with E-state index in [2.05, 4.69) is 5.10 Å². The van der Waals surface area contributed by atoms with E-state index in [9.17, 15) is 13.2 Å². The summed E-state index contributed by atoms with van der Waals surface area (Å²) in [6, 6.07) is 6.19. The molecule has 2 aromatic rings. The highest BCUT2D eigenvalue weighted by Crippen LogP contribution is 2.32. The van der Waals surface area contributed by atoms with Crippen LogP contribution in [0.1, 0.15) is 30.0 Å². The first-order valence-electron chi connectivity index (χ1n) is 7.74. The molecule has 1 amide bonds. The summed E-state index contributed by atoms with van der Waals surface area (Å²) in [6.45, 7) is 0.730. The van der Waals surface area contributed by atoms with Crippen molar-refractivity contribution >= 4 is 15.9 Å². The average molecular weight is 348 g/mol. The van der Waals surface area contributed by atoms with Crippen molar-refractivity contribution in [1.29, 1.82) is 0 Å². The van der Waals surface area contributed by atoms with Crippen LogP contribution in [0.15, 0.2) is 41.6 Å². The lowest BCUT2D eigenvalue weighted by Gasteiger charge is -2.24. The second-order valence-corrected chi connectivity index (χ2v) is 7.62. The summed E-state index contributed by atoms with van der Waals surface area (Å²) in [6.07, 6.45) is 5.88. The SMILES string of the molecule is Cn1cc([C@H]2CCCN2C(=O)Cc2ccc(S(N)(=O)=O)cc2)cn1. The Kier molecular flexibility index (Phi) is 4.42. The monoisotopic (exact) mass is 348 g/mol. The lowest BCUT2D eigenvalue weighted by atomic mass is 10.1. The fraction of sp³-hybridized carbons (Fsp3) is 0.375. The molecule has 1 atom stereocenters. The summed E-state index contributed by atoms with van der Waals surface area (Å²) >= 11 is 0. The Bertz CT molecular complexity index is 842. The number of nitrogens with two attached hydrogens (primary N) is 1. The summed E-state index contributed by atoms with van der Waals surface area (Å²) in [5, 5.41) is 9.26. The average Bonchev–Trinajstić information content (AvgIpc) is 3.15. The van der Waals surface area contributed by atoms with Gasteiger partial charge in [-0.3, -0.25) is 9.48 Å². The molecule has 24 heavy (non-hydrogen) atoms. The number of hydrogen-bond donors (Lipinski definition) is 1. The van der Waals surface area contributed by atoms with Crippen LogP contribution in [0.4, 0.5) is 0 Å². The van der Waals surface area contributed by atoms with Crippen LogP contribution < -0.4 is 5.14 Å². The Labute approximate surface area is 141 Å². The predicted octanol–water partition coefficient (Wildman–Crippen LogP) is 0.974. The van der Waals surface area contributed by atoms with Crippen molar-refractivity contribution in [2.45, 2.75) is 30.2 Å². The molecule has 2 N–H and O–H groups in total. The van der Waals surface area contributed by atoms with E-state index in [1.165, 1.54) is 12.1 Å². The van der Waals surface area contributed by atoms with Gasteiger partial charge in [0.1, 0.15) is 0 Å². The van der Waals surface area contributed by atoms with E-state index < -0.39 is 10.0 Å². The van der Waals surface area contributed by atoms with Crippen molar-refractivity contribution in [2.24, 2.45) is 12.2 Å². The first-order valence-corrected chi connectivity index (χ1v) is 9.29. The van der Waals surface area contributed by atoms with E-state index >= 15 is 0 Å². The molecule has 8 heteroatoms. The molecule has 1 fully saturated rings. The molecule has 0 radical (unpaired) electrons. The minimum Gasteiger partial charge on any atom is -0.335 e. The molecular formula is C16H20N4O3S. The number of aromatic nitrogens is 2. The van der Waals surface area contributed by atoms with Crippen molar-refractivity contribution in [2.75, 3.05) is 6.54 Å². The topological polar surface area (TPSA) is 98.3 Å². The molecule has 3 rings (SSSR count). The number of benzene rings is 1. The number of carbonyl (C=O) groups excluding carboxylic acids is 1. The Morgan fingerprint density at radius 2 is 2.04 bits per heavy atom. The largest absolute Gasteiger partial charge is 0.335 e. The third-order valence-corrected chi connectivity index (χ3v) is 5.22.